The van der Waals surface area contributed by atoms with Gasteiger partial charge in [-0.1, -0.05) is 31.4 Å². The summed E-state index contributed by atoms with van der Waals surface area (Å²) in [4.78, 5) is 0. The lowest BCUT2D eigenvalue weighted by molar-refractivity contribution is 0.0273. The number of aromatic hydroxyl groups is 1. The summed E-state index contributed by atoms with van der Waals surface area (Å²) in [6.07, 6.45) is 7.72. The maximum atomic E-state index is 13.1. The van der Waals surface area contributed by atoms with Gasteiger partial charge in [0.05, 0.1) is 6.10 Å². The van der Waals surface area contributed by atoms with Crippen molar-refractivity contribution in [2.24, 2.45) is 0 Å². The first kappa shape index (κ1) is 15.3. The third kappa shape index (κ3) is 4.76. The average molecular weight is 281 g/mol. The monoisotopic (exact) mass is 281 g/mol. The normalized spacial score (nSPS) is 16.4. The molecule has 2 N–H and O–H groups in total. The summed E-state index contributed by atoms with van der Waals surface area (Å²) in [5.74, 6) is -0.816. The first-order valence-corrected chi connectivity index (χ1v) is 7.56. The van der Waals surface area contributed by atoms with Gasteiger partial charge in [-0.3, -0.25) is 0 Å². The molecule has 0 aliphatic heterocycles. The Hall–Kier alpha value is -1.13. The molecule has 1 saturated carbocycles. The number of rotatable bonds is 7. The van der Waals surface area contributed by atoms with E-state index >= 15 is 0 Å². The molecule has 1 aromatic rings. The van der Waals surface area contributed by atoms with Gasteiger partial charge in [0.2, 0.25) is 0 Å². The van der Waals surface area contributed by atoms with Gasteiger partial charge in [-0.15, -0.1) is 0 Å². The van der Waals surface area contributed by atoms with Crippen molar-refractivity contribution in [2.45, 2.75) is 51.2 Å². The van der Waals surface area contributed by atoms with Crippen LogP contribution < -0.4 is 5.32 Å². The largest absolute Gasteiger partial charge is 0.505 e. The molecule has 0 saturated heterocycles. The van der Waals surface area contributed by atoms with E-state index in [1.807, 2.05) is 0 Å². The molecule has 0 radical (unpaired) electrons. The average Bonchev–Trinajstić information content (AvgIpc) is 2.48. The number of nitrogens with one attached hydrogen (secondary N) is 1. The minimum Gasteiger partial charge on any atom is -0.505 e. The second kappa shape index (κ2) is 8.22. The number of benzene rings is 1. The molecule has 1 aliphatic rings. The van der Waals surface area contributed by atoms with E-state index in [9.17, 15) is 9.50 Å². The van der Waals surface area contributed by atoms with Crippen molar-refractivity contribution in [3.63, 3.8) is 0 Å². The first-order valence-electron chi connectivity index (χ1n) is 7.56. The number of para-hydroxylation sites is 1. The van der Waals surface area contributed by atoms with Gasteiger partial charge in [0, 0.05) is 18.7 Å². The second-order valence-corrected chi connectivity index (χ2v) is 5.41. The van der Waals surface area contributed by atoms with Crippen LogP contribution in [0.4, 0.5) is 4.39 Å². The standard InChI is InChI=1S/C16H24FNO2/c17-15-9-4-6-13(16(15)19)12-18-10-5-11-20-14-7-2-1-3-8-14/h4,6,9,14,18-19H,1-3,5,7-8,10-12H2. The van der Waals surface area contributed by atoms with Crippen LogP contribution in [0.2, 0.25) is 0 Å². The van der Waals surface area contributed by atoms with Gasteiger partial charge in [0.1, 0.15) is 0 Å². The summed E-state index contributed by atoms with van der Waals surface area (Å²) >= 11 is 0. The number of hydrogen-bond donors (Lipinski definition) is 2. The highest BCUT2D eigenvalue weighted by molar-refractivity contribution is 5.33. The zero-order chi connectivity index (χ0) is 14.2. The molecular weight excluding hydrogens is 257 g/mol. The summed E-state index contributed by atoms with van der Waals surface area (Å²) < 4.78 is 18.9. The van der Waals surface area contributed by atoms with E-state index in [0.717, 1.165) is 19.6 Å². The van der Waals surface area contributed by atoms with Crippen molar-refractivity contribution >= 4 is 0 Å². The number of halogens is 1. The minimum absolute atomic E-state index is 0.251. The van der Waals surface area contributed by atoms with Crippen LogP contribution in [0.3, 0.4) is 0 Å². The predicted molar refractivity (Wildman–Crippen MR) is 77.2 cm³/mol. The van der Waals surface area contributed by atoms with Crippen molar-refractivity contribution in [3.05, 3.63) is 29.6 Å². The van der Waals surface area contributed by atoms with Gasteiger partial charge in [-0.05, 0) is 31.9 Å². The van der Waals surface area contributed by atoms with E-state index in [1.54, 1.807) is 12.1 Å². The zero-order valence-electron chi connectivity index (χ0n) is 11.9. The fourth-order valence-corrected chi connectivity index (χ4v) is 2.60. The molecule has 1 fully saturated rings. The molecule has 2 rings (SSSR count). The van der Waals surface area contributed by atoms with Crippen LogP contribution in [-0.4, -0.2) is 24.4 Å². The number of phenolic OH excluding ortho intramolecular Hbond substituents is 1. The molecule has 112 valence electrons. The molecule has 3 nitrogen and oxygen atoms in total. The highest BCUT2D eigenvalue weighted by atomic mass is 19.1. The van der Waals surface area contributed by atoms with Crippen LogP contribution in [0.5, 0.6) is 5.75 Å². The Kier molecular flexibility index (Phi) is 6.27. The fourth-order valence-electron chi connectivity index (χ4n) is 2.60. The quantitative estimate of drug-likeness (QED) is 0.753. The fraction of sp³-hybridized carbons (Fsp3) is 0.625. The van der Waals surface area contributed by atoms with Gasteiger partial charge in [-0.25, -0.2) is 4.39 Å². The maximum absolute atomic E-state index is 13.1. The Morgan fingerprint density at radius 3 is 2.85 bits per heavy atom. The predicted octanol–water partition coefficient (Wildman–Crippen LogP) is 3.36. The molecule has 1 aromatic carbocycles. The van der Waals surface area contributed by atoms with Crippen LogP contribution in [-0.2, 0) is 11.3 Å². The van der Waals surface area contributed by atoms with Gasteiger partial charge >= 0.3 is 0 Å². The second-order valence-electron chi connectivity index (χ2n) is 5.41. The molecule has 0 bridgehead atoms. The number of hydrogen-bond acceptors (Lipinski definition) is 3. The first-order chi connectivity index (χ1) is 9.77. The van der Waals surface area contributed by atoms with Crippen LogP contribution in [0, 0.1) is 5.82 Å². The Balaban J connectivity index is 1.56. The Morgan fingerprint density at radius 1 is 1.25 bits per heavy atom. The Morgan fingerprint density at radius 2 is 2.05 bits per heavy atom. The molecule has 0 aromatic heterocycles. The molecule has 0 spiro atoms. The molecule has 20 heavy (non-hydrogen) atoms. The molecule has 0 atom stereocenters. The van der Waals surface area contributed by atoms with Crippen molar-refractivity contribution in [3.8, 4) is 5.75 Å². The van der Waals surface area contributed by atoms with Crippen molar-refractivity contribution in [1.29, 1.82) is 0 Å². The van der Waals surface area contributed by atoms with Gasteiger partial charge < -0.3 is 15.2 Å². The lowest BCUT2D eigenvalue weighted by Crippen LogP contribution is -2.20. The lowest BCUT2D eigenvalue weighted by Gasteiger charge is -2.21. The van der Waals surface area contributed by atoms with E-state index in [1.165, 1.54) is 38.2 Å². The highest BCUT2D eigenvalue weighted by Gasteiger charge is 2.12. The van der Waals surface area contributed by atoms with Crippen LogP contribution >= 0.6 is 0 Å². The van der Waals surface area contributed by atoms with E-state index in [4.69, 9.17) is 4.74 Å². The smallest absolute Gasteiger partial charge is 0.165 e. The summed E-state index contributed by atoms with van der Waals surface area (Å²) in [5.41, 5.74) is 0.596. The minimum atomic E-state index is -0.565. The summed E-state index contributed by atoms with van der Waals surface area (Å²) in [6.45, 7) is 2.06. The van der Waals surface area contributed by atoms with E-state index in [2.05, 4.69) is 5.32 Å². The van der Waals surface area contributed by atoms with Crippen LogP contribution in [0.15, 0.2) is 18.2 Å². The maximum Gasteiger partial charge on any atom is 0.165 e. The molecular formula is C16H24FNO2. The third-order valence-corrected chi connectivity index (χ3v) is 3.79. The SMILES string of the molecule is Oc1c(F)cccc1CNCCCOC1CCCCC1. The van der Waals surface area contributed by atoms with Gasteiger partial charge in [0.15, 0.2) is 11.6 Å². The van der Waals surface area contributed by atoms with Crippen molar-refractivity contribution in [1.82, 2.24) is 5.32 Å². The molecule has 0 unspecified atom stereocenters. The number of phenols is 1. The van der Waals surface area contributed by atoms with Crippen LogP contribution in [0.1, 0.15) is 44.1 Å². The van der Waals surface area contributed by atoms with E-state index in [0.29, 0.717) is 18.2 Å². The summed E-state index contributed by atoms with van der Waals surface area (Å²) in [7, 11) is 0. The van der Waals surface area contributed by atoms with E-state index in [-0.39, 0.29) is 5.75 Å². The molecule has 0 amide bonds. The third-order valence-electron chi connectivity index (χ3n) is 3.79. The van der Waals surface area contributed by atoms with Gasteiger partial charge in [-0.2, -0.15) is 0 Å². The van der Waals surface area contributed by atoms with Crippen molar-refractivity contribution in [2.75, 3.05) is 13.2 Å². The summed E-state index contributed by atoms with van der Waals surface area (Å²) in [5, 5.41) is 12.7. The van der Waals surface area contributed by atoms with Crippen LogP contribution in [0.25, 0.3) is 0 Å². The Bertz CT molecular complexity index is 405. The highest BCUT2D eigenvalue weighted by Crippen LogP contribution is 2.21. The molecule has 4 heteroatoms. The Labute approximate surface area is 120 Å². The van der Waals surface area contributed by atoms with Crippen molar-refractivity contribution < 1.29 is 14.2 Å². The van der Waals surface area contributed by atoms with Gasteiger partial charge in [0.25, 0.3) is 0 Å². The molecule has 1 aliphatic carbocycles. The molecule has 0 heterocycles. The zero-order valence-corrected chi connectivity index (χ0v) is 11.9. The lowest BCUT2D eigenvalue weighted by atomic mass is 9.98. The number of ether oxygens (including phenoxy) is 1. The summed E-state index contributed by atoms with van der Waals surface area (Å²) in [6, 6.07) is 4.60. The topological polar surface area (TPSA) is 41.5 Å². The van der Waals surface area contributed by atoms with E-state index < -0.39 is 5.82 Å².